The van der Waals surface area contributed by atoms with Crippen LogP contribution in [-0.2, 0) is 9.92 Å². The molecule has 0 aromatic rings. The molecule has 0 rings (SSSR count). The lowest BCUT2D eigenvalue weighted by molar-refractivity contribution is 0.646. The van der Waals surface area contributed by atoms with Crippen LogP contribution in [0.4, 0.5) is 0 Å². The molecule has 1 unspecified atom stereocenters. The van der Waals surface area contributed by atoms with E-state index in [1.807, 2.05) is 13.8 Å². The Bertz CT molecular complexity index is 160. The smallest absolute Gasteiger partial charge is 0.105 e. The van der Waals surface area contributed by atoms with E-state index < -0.39 is 9.92 Å². The third-order valence-corrected chi connectivity index (χ3v) is 2.50. The maximum absolute atomic E-state index is 10.9. The van der Waals surface area contributed by atoms with Crippen LogP contribution in [0.1, 0.15) is 20.8 Å². The molecule has 9 heavy (non-hydrogen) atoms. The van der Waals surface area contributed by atoms with Crippen molar-refractivity contribution in [1.29, 1.82) is 4.78 Å². The standard InChI is InChI=1S/C5H14N2OS/c1-4-9(6,8)7-5(2)3/h5H,4H2,1-3H3,(H2,6,7,8). The third kappa shape index (κ3) is 4.42. The van der Waals surface area contributed by atoms with Gasteiger partial charge in [0, 0.05) is 11.8 Å². The lowest BCUT2D eigenvalue weighted by Crippen LogP contribution is -2.30. The van der Waals surface area contributed by atoms with Gasteiger partial charge in [-0.2, -0.15) is 0 Å². The van der Waals surface area contributed by atoms with E-state index in [0.717, 1.165) is 0 Å². The van der Waals surface area contributed by atoms with Gasteiger partial charge in [0.1, 0.15) is 9.92 Å². The van der Waals surface area contributed by atoms with Gasteiger partial charge in [0.05, 0.1) is 0 Å². The summed E-state index contributed by atoms with van der Waals surface area (Å²) in [5.41, 5.74) is 0. The van der Waals surface area contributed by atoms with Crippen molar-refractivity contribution in [3.63, 3.8) is 0 Å². The Balaban J connectivity index is 3.90. The van der Waals surface area contributed by atoms with E-state index in [9.17, 15) is 4.21 Å². The molecule has 4 heteroatoms. The van der Waals surface area contributed by atoms with E-state index in [1.54, 1.807) is 6.92 Å². The Morgan fingerprint density at radius 3 is 2.22 bits per heavy atom. The monoisotopic (exact) mass is 150 g/mol. The van der Waals surface area contributed by atoms with Gasteiger partial charge in [-0.15, -0.1) is 0 Å². The van der Waals surface area contributed by atoms with Crippen LogP contribution < -0.4 is 4.72 Å². The average Bonchev–Trinajstić information content (AvgIpc) is 1.63. The predicted molar refractivity (Wildman–Crippen MR) is 39.7 cm³/mol. The molecule has 0 bridgehead atoms. The quantitative estimate of drug-likeness (QED) is 0.618. The summed E-state index contributed by atoms with van der Waals surface area (Å²) in [6.45, 7) is 5.50. The largest absolute Gasteiger partial charge is 0.240 e. The van der Waals surface area contributed by atoms with Crippen LogP contribution in [0, 0.1) is 4.78 Å². The van der Waals surface area contributed by atoms with E-state index in [-0.39, 0.29) is 6.04 Å². The average molecular weight is 150 g/mol. The zero-order valence-electron chi connectivity index (χ0n) is 6.10. The van der Waals surface area contributed by atoms with Crippen molar-refractivity contribution in [2.24, 2.45) is 0 Å². The molecule has 0 saturated carbocycles. The molecule has 0 aromatic carbocycles. The highest BCUT2D eigenvalue weighted by atomic mass is 32.2. The summed E-state index contributed by atoms with van der Waals surface area (Å²) in [5.74, 6) is 0.380. The van der Waals surface area contributed by atoms with Gasteiger partial charge in [0.25, 0.3) is 0 Å². The second-order valence-electron chi connectivity index (χ2n) is 2.24. The maximum atomic E-state index is 10.9. The van der Waals surface area contributed by atoms with Crippen LogP contribution in [0.3, 0.4) is 0 Å². The van der Waals surface area contributed by atoms with Gasteiger partial charge in [-0.05, 0) is 13.8 Å². The molecule has 0 aromatic heterocycles. The van der Waals surface area contributed by atoms with Crippen molar-refractivity contribution >= 4 is 9.92 Å². The predicted octanol–water partition coefficient (Wildman–Crippen LogP) is 0.966. The molecule has 56 valence electrons. The first kappa shape index (κ1) is 8.91. The Labute approximate surface area is 57.0 Å². The number of nitrogens with one attached hydrogen (secondary N) is 2. The van der Waals surface area contributed by atoms with Crippen molar-refractivity contribution in [3.8, 4) is 0 Å². The van der Waals surface area contributed by atoms with Gasteiger partial charge in [0.2, 0.25) is 0 Å². The lowest BCUT2D eigenvalue weighted by atomic mass is 10.4. The zero-order chi connectivity index (χ0) is 7.49. The van der Waals surface area contributed by atoms with Crippen molar-refractivity contribution in [2.45, 2.75) is 26.8 Å². The molecular weight excluding hydrogens is 136 g/mol. The molecule has 1 atom stereocenters. The highest BCUT2D eigenvalue weighted by Crippen LogP contribution is 1.87. The van der Waals surface area contributed by atoms with E-state index in [0.29, 0.717) is 5.75 Å². The van der Waals surface area contributed by atoms with Crippen molar-refractivity contribution in [2.75, 3.05) is 5.75 Å². The van der Waals surface area contributed by atoms with Gasteiger partial charge < -0.3 is 0 Å². The number of hydrogen-bond acceptors (Lipinski definition) is 2. The van der Waals surface area contributed by atoms with Crippen LogP contribution in [-0.4, -0.2) is 16.0 Å². The maximum Gasteiger partial charge on any atom is 0.105 e. The van der Waals surface area contributed by atoms with Crippen molar-refractivity contribution in [3.05, 3.63) is 0 Å². The first-order valence-electron chi connectivity index (χ1n) is 3.01. The lowest BCUT2D eigenvalue weighted by Gasteiger charge is -2.08. The highest BCUT2D eigenvalue weighted by Gasteiger charge is 2.02. The van der Waals surface area contributed by atoms with E-state index in [2.05, 4.69) is 4.72 Å². The first-order chi connectivity index (χ1) is 3.98. The fraction of sp³-hybridized carbons (Fsp3) is 1.00. The Morgan fingerprint density at radius 1 is 1.67 bits per heavy atom. The summed E-state index contributed by atoms with van der Waals surface area (Å²) in [5, 5.41) is 0. The van der Waals surface area contributed by atoms with E-state index in [4.69, 9.17) is 4.78 Å². The molecule has 2 N–H and O–H groups in total. The summed E-state index contributed by atoms with van der Waals surface area (Å²) in [6.07, 6.45) is 0. The molecule has 0 aliphatic rings. The number of hydrogen-bond donors (Lipinski definition) is 2. The second kappa shape index (κ2) is 3.17. The minimum Gasteiger partial charge on any atom is -0.240 e. The first-order valence-corrected chi connectivity index (χ1v) is 4.74. The summed E-state index contributed by atoms with van der Waals surface area (Å²) in [6, 6.07) is 0.134. The van der Waals surface area contributed by atoms with Gasteiger partial charge in [-0.1, -0.05) is 6.92 Å². The summed E-state index contributed by atoms with van der Waals surface area (Å²) >= 11 is 0. The minimum atomic E-state index is -2.47. The van der Waals surface area contributed by atoms with Gasteiger partial charge in [0.15, 0.2) is 0 Å². The minimum absolute atomic E-state index is 0.134. The summed E-state index contributed by atoms with van der Waals surface area (Å²) in [4.78, 5) is 0. The molecule has 0 saturated heterocycles. The molecule has 0 aliphatic heterocycles. The van der Waals surface area contributed by atoms with Crippen LogP contribution in [0.2, 0.25) is 0 Å². The Kier molecular flexibility index (Phi) is 3.14. The Morgan fingerprint density at radius 2 is 2.11 bits per heavy atom. The molecule has 0 radical (unpaired) electrons. The third-order valence-electron chi connectivity index (χ3n) is 0.833. The molecule has 0 aliphatic carbocycles. The SMILES string of the molecule is CCS(=N)(=O)NC(C)C. The van der Waals surface area contributed by atoms with E-state index >= 15 is 0 Å². The fourth-order valence-electron chi connectivity index (χ4n) is 0.464. The molecule has 3 nitrogen and oxygen atoms in total. The Hall–Kier alpha value is -0.0900. The topological polar surface area (TPSA) is 53.0 Å². The molecular formula is C5H14N2OS. The van der Waals surface area contributed by atoms with E-state index in [1.165, 1.54) is 0 Å². The molecule has 0 fully saturated rings. The second-order valence-corrected chi connectivity index (χ2v) is 4.40. The molecule has 0 spiro atoms. The molecule has 0 amide bonds. The fourth-order valence-corrected chi connectivity index (χ4v) is 1.39. The summed E-state index contributed by atoms with van der Waals surface area (Å²) < 4.78 is 20.7. The summed E-state index contributed by atoms with van der Waals surface area (Å²) in [7, 11) is -2.47. The molecule has 0 heterocycles. The van der Waals surface area contributed by atoms with Crippen molar-refractivity contribution < 1.29 is 4.21 Å². The highest BCUT2D eigenvalue weighted by molar-refractivity contribution is 7.90. The van der Waals surface area contributed by atoms with Crippen LogP contribution in [0.15, 0.2) is 0 Å². The van der Waals surface area contributed by atoms with Gasteiger partial charge in [-0.25, -0.2) is 13.7 Å². The van der Waals surface area contributed by atoms with Crippen LogP contribution in [0.5, 0.6) is 0 Å². The zero-order valence-corrected chi connectivity index (χ0v) is 6.92. The van der Waals surface area contributed by atoms with Crippen LogP contribution >= 0.6 is 0 Å². The van der Waals surface area contributed by atoms with Crippen LogP contribution in [0.25, 0.3) is 0 Å². The normalized spacial score (nSPS) is 17.8. The van der Waals surface area contributed by atoms with Crippen molar-refractivity contribution in [1.82, 2.24) is 4.72 Å². The van der Waals surface area contributed by atoms with Gasteiger partial charge >= 0.3 is 0 Å². The van der Waals surface area contributed by atoms with Gasteiger partial charge in [-0.3, -0.25) is 0 Å². The number of rotatable bonds is 3.